The van der Waals surface area contributed by atoms with Gasteiger partial charge in [0, 0.05) is 5.70 Å². The largest absolute Gasteiger partial charge is 0.493 e. The number of nitrogens with one attached hydrogen (secondary N) is 2. The van der Waals surface area contributed by atoms with Gasteiger partial charge in [0.05, 0.1) is 32.4 Å². The average Bonchev–Trinajstić information content (AvgIpc) is 2.54. The molecule has 1 aromatic carbocycles. The van der Waals surface area contributed by atoms with Crippen LogP contribution in [0.4, 0.5) is 0 Å². The van der Waals surface area contributed by atoms with Crippen molar-refractivity contribution in [1.82, 2.24) is 10.6 Å². The maximum atomic E-state index is 12.1. The van der Waals surface area contributed by atoms with Crippen molar-refractivity contribution in [1.29, 1.82) is 0 Å². The Kier molecular flexibility index (Phi) is 5.44. The zero-order valence-corrected chi connectivity index (χ0v) is 14.4. The molecular weight excluding hydrogens is 316 g/mol. The quantitative estimate of drug-likeness (QED) is 0.630. The van der Waals surface area contributed by atoms with Crippen LogP contribution in [-0.4, -0.2) is 31.9 Å². The molecule has 0 radical (unpaired) electrons. The lowest BCUT2D eigenvalue weighted by Gasteiger charge is -2.29. The number of esters is 1. The second-order valence-corrected chi connectivity index (χ2v) is 5.31. The Morgan fingerprint density at radius 2 is 2.04 bits per heavy atom. The number of carbonyl (C=O) groups is 1. The van der Waals surface area contributed by atoms with Gasteiger partial charge < -0.3 is 24.8 Å². The first-order chi connectivity index (χ1) is 11.0. The normalized spacial score (nSPS) is 17.2. The Hall–Kier alpha value is -2.28. The van der Waals surface area contributed by atoms with Crippen molar-refractivity contribution in [2.75, 3.05) is 20.8 Å². The Morgan fingerprint density at radius 1 is 1.30 bits per heavy atom. The van der Waals surface area contributed by atoms with Gasteiger partial charge in [-0.2, -0.15) is 0 Å². The maximum Gasteiger partial charge on any atom is 0.337 e. The topological polar surface area (TPSA) is 68.8 Å². The minimum absolute atomic E-state index is 0.414. The Balaban J connectivity index is 2.47. The van der Waals surface area contributed by atoms with Crippen molar-refractivity contribution in [2.45, 2.75) is 19.9 Å². The number of carbonyl (C=O) groups excluding carboxylic acids is 1. The van der Waals surface area contributed by atoms with Gasteiger partial charge in [-0.15, -0.1) is 0 Å². The van der Waals surface area contributed by atoms with Gasteiger partial charge in [0.25, 0.3) is 0 Å². The number of allylic oxidation sites excluding steroid dienone is 1. The summed E-state index contributed by atoms with van der Waals surface area (Å²) < 4.78 is 15.8. The molecule has 0 saturated heterocycles. The van der Waals surface area contributed by atoms with Crippen molar-refractivity contribution in [3.63, 3.8) is 0 Å². The lowest BCUT2D eigenvalue weighted by molar-refractivity contribution is -0.136. The molecule has 6 nitrogen and oxygen atoms in total. The molecule has 23 heavy (non-hydrogen) atoms. The fraction of sp³-hybridized carbons (Fsp3) is 0.375. The van der Waals surface area contributed by atoms with Gasteiger partial charge in [-0.1, -0.05) is 6.07 Å². The second kappa shape index (κ2) is 7.32. The lowest BCUT2D eigenvalue weighted by Crippen LogP contribution is -2.45. The van der Waals surface area contributed by atoms with Crippen molar-refractivity contribution in [2.24, 2.45) is 0 Å². The Labute approximate surface area is 140 Å². The van der Waals surface area contributed by atoms with E-state index in [9.17, 15) is 4.79 Å². The molecule has 0 aromatic heterocycles. The van der Waals surface area contributed by atoms with Crippen LogP contribution in [0.3, 0.4) is 0 Å². The van der Waals surface area contributed by atoms with Gasteiger partial charge in [-0.3, -0.25) is 0 Å². The molecule has 124 valence electrons. The summed E-state index contributed by atoms with van der Waals surface area (Å²) in [6.07, 6.45) is 0. The van der Waals surface area contributed by atoms with Gasteiger partial charge in [0.15, 0.2) is 16.6 Å². The molecule has 2 rings (SSSR count). The number of benzene rings is 1. The molecule has 0 bridgehead atoms. The summed E-state index contributed by atoms with van der Waals surface area (Å²) in [5.74, 6) is 0.830. The maximum absolute atomic E-state index is 12.1. The van der Waals surface area contributed by atoms with Crippen LogP contribution < -0.4 is 20.1 Å². The molecule has 7 heteroatoms. The van der Waals surface area contributed by atoms with E-state index in [4.69, 9.17) is 26.4 Å². The van der Waals surface area contributed by atoms with E-state index in [0.717, 1.165) is 5.56 Å². The molecule has 0 saturated carbocycles. The highest BCUT2D eigenvalue weighted by molar-refractivity contribution is 7.80. The van der Waals surface area contributed by atoms with Crippen molar-refractivity contribution in [3.05, 3.63) is 35.0 Å². The second-order valence-electron chi connectivity index (χ2n) is 4.91. The molecular formula is C16H20N2O4S. The molecule has 0 spiro atoms. The SMILES string of the molecule is CCOc1ccc(C2NC(=S)NC(C)=C2C(=O)OC)cc1OC. The third-order valence-corrected chi connectivity index (χ3v) is 3.72. The van der Waals surface area contributed by atoms with Crippen molar-refractivity contribution in [3.8, 4) is 11.5 Å². The molecule has 1 aliphatic heterocycles. The van der Waals surface area contributed by atoms with Crippen LogP contribution in [0.15, 0.2) is 29.5 Å². The monoisotopic (exact) mass is 336 g/mol. The molecule has 1 unspecified atom stereocenters. The molecule has 0 amide bonds. The summed E-state index contributed by atoms with van der Waals surface area (Å²) >= 11 is 5.20. The number of hydrogen-bond acceptors (Lipinski definition) is 5. The number of thiocarbonyl (C=S) groups is 1. The summed E-state index contributed by atoms with van der Waals surface area (Å²) in [6, 6.07) is 5.09. The zero-order chi connectivity index (χ0) is 17.0. The predicted octanol–water partition coefficient (Wildman–Crippen LogP) is 2.06. The first-order valence-corrected chi connectivity index (χ1v) is 7.60. The van der Waals surface area contributed by atoms with E-state index in [-0.39, 0.29) is 0 Å². The van der Waals surface area contributed by atoms with Crippen LogP contribution in [0, 0.1) is 0 Å². The highest BCUT2D eigenvalue weighted by Gasteiger charge is 2.31. The van der Waals surface area contributed by atoms with Crippen LogP contribution in [0.1, 0.15) is 25.5 Å². The first-order valence-electron chi connectivity index (χ1n) is 7.19. The van der Waals surface area contributed by atoms with Crippen LogP contribution >= 0.6 is 12.2 Å². The third-order valence-electron chi connectivity index (χ3n) is 3.50. The van der Waals surface area contributed by atoms with Gasteiger partial charge in [-0.05, 0) is 43.8 Å². The summed E-state index contributed by atoms with van der Waals surface area (Å²) in [5.41, 5.74) is 1.97. The van der Waals surface area contributed by atoms with E-state index in [1.807, 2.05) is 25.1 Å². The number of hydrogen-bond donors (Lipinski definition) is 2. The lowest BCUT2D eigenvalue weighted by atomic mass is 9.95. The molecule has 1 aliphatic rings. The molecule has 2 N–H and O–H groups in total. The molecule has 1 heterocycles. The standard InChI is InChI=1S/C16H20N2O4S/c1-5-22-11-7-6-10(8-12(11)20-3)14-13(15(19)21-4)9(2)17-16(23)18-14/h6-8,14H,5H2,1-4H3,(H2,17,18,23). The van der Waals surface area contributed by atoms with E-state index in [1.165, 1.54) is 7.11 Å². The Morgan fingerprint density at radius 3 is 2.65 bits per heavy atom. The highest BCUT2D eigenvalue weighted by atomic mass is 32.1. The Bertz CT molecular complexity index is 657. The molecule has 1 atom stereocenters. The molecule has 0 fully saturated rings. The predicted molar refractivity (Wildman–Crippen MR) is 90.5 cm³/mol. The number of ether oxygens (including phenoxy) is 3. The fourth-order valence-corrected chi connectivity index (χ4v) is 2.73. The summed E-state index contributed by atoms with van der Waals surface area (Å²) in [6.45, 7) is 4.23. The van der Waals surface area contributed by atoms with Crippen LogP contribution in [-0.2, 0) is 9.53 Å². The third kappa shape index (κ3) is 3.56. The van der Waals surface area contributed by atoms with E-state index in [1.54, 1.807) is 14.0 Å². The van der Waals surface area contributed by atoms with Gasteiger partial charge in [-0.25, -0.2) is 4.79 Å². The van der Waals surface area contributed by atoms with Crippen LogP contribution in [0.2, 0.25) is 0 Å². The minimum atomic E-state index is -0.416. The van der Waals surface area contributed by atoms with Gasteiger partial charge in [0.2, 0.25) is 0 Å². The van der Waals surface area contributed by atoms with Crippen molar-refractivity contribution >= 4 is 23.3 Å². The smallest absolute Gasteiger partial charge is 0.337 e. The van der Waals surface area contributed by atoms with Gasteiger partial charge in [0.1, 0.15) is 0 Å². The molecule has 1 aromatic rings. The molecule has 0 aliphatic carbocycles. The van der Waals surface area contributed by atoms with E-state index in [2.05, 4.69) is 10.6 Å². The summed E-state index contributed by atoms with van der Waals surface area (Å²) in [5, 5.41) is 6.50. The number of rotatable bonds is 5. The van der Waals surface area contributed by atoms with Crippen molar-refractivity contribution < 1.29 is 19.0 Å². The van der Waals surface area contributed by atoms with E-state index < -0.39 is 12.0 Å². The summed E-state index contributed by atoms with van der Waals surface area (Å²) in [7, 11) is 2.93. The van der Waals surface area contributed by atoms with E-state index >= 15 is 0 Å². The zero-order valence-electron chi connectivity index (χ0n) is 13.6. The first kappa shape index (κ1) is 17.1. The minimum Gasteiger partial charge on any atom is -0.493 e. The highest BCUT2D eigenvalue weighted by Crippen LogP contribution is 2.34. The van der Waals surface area contributed by atoms with E-state index in [0.29, 0.717) is 34.5 Å². The summed E-state index contributed by atoms with van der Waals surface area (Å²) in [4.78, 5) is 12.1. The number of methoxy groups -OCH3 is 2. The van der Waals surface area contributed by atoms with Crippen LogP contribution in [0.25, 0.3) is 0 Å². The fourth-order valence-electron chi connectivity index (χ4n) is 2.46. The average molecular weight is 336 g/mol. The van der Waals surface area contributed by atoms with Crippen LogP contribution in [0.5, 0.6) is 11.5 Å². The van der Waals surface area contributed by atoms with Gasteiger partial charge >= 0.3 is 5.97 Å².